The van der Waals surface area contributed by atoms with Crippen molar-refractivity contribution in [2.75, 3.05) is 19.3 Å². The molecule has 6 nitrogen and oxygen atoms in total. The van der Waals surface area contributed by atoms with Crippen molar-refractivity contribution in [3.05, 3.63) is 76.9 Å². The van der Waals surface area contributed by atoms with Gasteiger partial charge in [0.1, 0.15) is 12.4 Å². The predicted molar refractivity (Wildman–Crippen MR) is 119 cm³/mol. The highest BCUT2D eigenvalue weighted by Crippen LogP contribution is 2.44. The number of hydrogen-bond donors (Lipinski definition) is 0. The number of benzene rings is 2. The zero-order valence-electron chi connectivity index (χ0n) is 17.8. The zero-order valence-corrected chi connectivity index (χ0v) is 18.7. The van der Waals surface area contributed by atoms with Crippen LogP contribution in [0.2, 0.25) is 0 Å². The fraction of sp³-hybridized carbons (Fsp3) is 0.375. The minimum absolute atomic E-state index is 0.238. The lowest BCUT2D eigenvalue weighted by Crippen LogP contribution is -2.44. The van der Waals surface area contributed by atoms with Gasteiger partial charge < -0.3 is 13.8 Å². The van der Waals surface area contributed by atoms with E-state index in [0.717, 1.165) is 47.8 Å². The molecule has 2 aromatic rings. The molecule has 1 heterocycles. The molecule has 4 rings (SSSR count). The van der Waals surface area contributed by atoms with Gasteiger partial charge in [-0.1, -0.05) is 48.0 Å². The molecule has 2 aromatic carbocycles. The number of hydrogen-bond acceptors (Lipinski definition) is 5. The topological polar surface area (TPSA) is 72.9 Å². The standard InChI is InChI=1S/C24H27NO5S/c1-18-8-9-20-15-24(16-22(21(20)14-18)30-31(2,27)28)10-12-25(13-11-24)23(26)29-17-19-6-4-3-5-7-19/h3-9,14,16H,10-13,15,17H2,1-2H3. The number of amides is 1. The molecule has 1 saturated heterocycles. The van der Waals surface area contributed by atoms with Crippen molar-refractivity contribution in [1.29, 1.82) is 0 Å². The van der Waals surface area contributed by atoms with Crippen molar-refractivity contribution >= 4 is 22.0 Å². The highest BCUT2D eigenvalue weighted by Gasteiger charge is 2.39. The van der Waals surface area contributed by atoms with Gasteiger partial charge in [0, 0.05) is 18.7 Å². The van der Waals surface area contributed by atoms with E-state index < -0.39 is 10.1 Å². The van der Waals surface area contributed by atoms with Crippen molar-refractivity contribution in [2.45, 2.75) is 32.8 Å². The molecule has 0 bridgehead atoms. The molecule has 0 N–H and O–H groups in total. The average molecular weight is 442 g/mol. The largest absolute Gasteiger partial charge is 0.445 e. The molecule has 0 saturated carbocycles. The van der Waals surface area contributed by atoms with Crippen molar-refractivity contribution < 1.29 is 22.1 Å². The summed E-state index contributed by atoms with van der Waals surface area (Å²) in [5, 5.41) is 0. The minimum atomic E-state index is -3.65. The second kappa shape index (κ2) is 8.38. The van der Waals surface area contributed by atoms with E-state index in [0.29, 0.717) is 18.8 Å². The third-order valence-corrected chi connectivity index (χ3v) is 6.46. The van der Waals surface area contributed by atoms with Gasteiger partial charge in [0.25, 0.3) is 0 Å². The first-order valence-electron chi connectivity index (χ1n) is 10.4. The normalized spacial score (nSPS) is 17.6. The van der Waals surface area contributed by atoms with E-state index in [4.69, 9.17) is 8.92 Å². The Morgan fingerprint density at radius 1 is 1.10 bits per heavy atom. The predicted octanol–water partition coefficient (Wildman–Crippen LogP) is 4.29. The molecule has 1 aliphatic heterocycles. The van der Waals surface area contributed by atoms with Crippen molar-refractivity contribution in [2.24, 2.45) is 5.41 Å². The van der Waals surface area contributed by atoms with Crippen LogP contribution < -0.4 is 0 Å². The van der Waals surface area contributed by atoms with Gasteiger partial charge in [-0.3, -0.25) is 0 Å². The lowest BCUT2D eigenvalue weighted by Gasteiger charge is -2.42. The lowest BCUT2D eigenvalue weighted by molar-refractivity contribution is 0.0720. The summed E-state index contributed by atoms with van der Waals surface area (Å²) in [7, 11) is -3.65. The molecule has 7 heteroatoms. The Hall–Kier alpha value is -2.80. The van der Waals surface area contributed by atoms with Gasteiger partial charge in [-0.15, -0.1) is 0 Å². The van der Waals surface area contributed by atoms with Crippen molar-refractivity contribution in [3.63, 3.8) is 0 Å². The summed E-state index contributed by atoms with van der Waals surface area (Å²) < 4.78 is 34.6. The van der Waals surface area contributed by atoms with Gasteiger partial charge in [-0.2, -0.15) is 8.42 Å². The van der Waals surface area contributed by atoms with Crippen molar-refractivity contribution in [3.8, 4) is 0 Å². The number of rotatable bonds is 4. The van der Waals surface area contributed by atoms with Crippen LogP contribution in [0.1, 0.15) is 35.1 Å². The monoisotopic (exact) mass is 441 g/mol. The van der Waals surface area contributed by atoms with Crippen LogP contribution in [-0.2, 0) is 32.1 Å². The number of likely N-dealkylation sites (tertiary alicyclic amines) is 1. The molecule has 0 aromatic heterocycles. The van der Waals surface area contributed by atoms with E-state index in [2.05, 4.69) is 0 Å². The molecular weight excluding hydrogens is 414 g/mol. The lowest BCUT2D eigenvalue weighted by atomic mass is 9.69. The smallest absolute Gasteiger partial charge is 0.410 e. The molecule has 0 atom stereocenters. The molecular formula is C24H27NO5S. The molecule has 31 heavy (non-hydrogen) atoms. The summed E-state index contributed by atoms with van der Waals surface area (Å²) in [6.45, 7) is 3.33. The third kappa shape index (κ3) is 5.10. The second-order valence-electron chi connectivity index (χ2n) is 8.52. The Bertz CT molecular complexity index is 1100. The van der Waals surface area contributed by atoms with Crippen LogP contribution in [0.15, 0.2) is 54.6 Å². The van der Waals surface area contributed by atoms with Crippen LogP contribution >= 0.6 is 0 Å². The van der Waals surface area contributed by atoms with Crippen LogP contribution in [0.25, 0.3) is 5.76 Å². The van der Waals surface area contributed by atoms with Gasteiger partial charge in [0.2, 0.25) is 0 Å². The molecule has 0 unspecified atom stereocenters. The Labute approximate surface area is 183 Å². The maximum Gasteiger partial charge on any atom is 0.410 e. The molecule has 0 radical (unpaired) electrons. The van der Waals surface area contributed by atoms with E-state index in [1.165, 1.54) is 0 Å². The van der Waals surface area contributed by atoms with Crippen LogP contribution in [-0.4, -0.2) is 38.8 Å². The maximum atomic E-state index is 12.5. The van der Waals surface area contributed by atoms with E-state index in [1.54, 1.807) is 4.90 Å². The highest BCUT2D eigenvalue weighted by molar-refractivity contribution is 7.86. The molecule has 1 fully saturated rings. The summed E-state index contributed by atoms with van der Waals surface area (Å²) in [6, 6.07) is 15.7. The Morgan fingerprint density at radius 2 is 1.81 bits per heavy atom. The van der Waals surface area contributed by atoms with E-state index in [-0.39, 0.29) is 18.1 Å². The Balaban J connectivity index is 1.47. The zero-order chi connectivity index (χ0) is 22.1. The van der Waals surface area contributed by atoms with Crippen LogP contribution in [0.4, 0.5) is 4.79 Å². The highest BCUT2D eigenvalue weighted by atomic mass is 32.2. The van der Waals surface area contributed by atoms with Gasteiger partial charge in [0.15, 0.2) is 0 Å². The third-order valence-electron chi connectivity index (χ3n) is 5.97. The summed E-state index contributed by atoms with van der Waals surface area (Å²) >= 11 is 0. The van der Waals surface area contributed by atoms with Crippen LogP contribution in [0.5, 0.6) is 0 Å². The Morgan fingerprint density at radius 3 is 2.48 bits per heavy atom. The molecule has 164 valence electrons. The number of piperidine rings is 1. The SMILES string of the molecule is Cc1ccc2c(c1)C(OS(C)(=O)=O)=CC1(CCN(C(=O)OCc3ccccc3)CC1)C2. The number of carbonyl (C=O) groups excluding carboxylic acids is 1. The fourth-order valence-electron chi connectivity index (χ4n) is 4.36. The quantitative estimate of drug-likeness (QED) is 0.662. The van der Waals surface area contributed by atoms with E-state index >= 15 is 0 Å². The Kier molecular flexibility index (Phi) is 5.79. The number of nitrogens with zero attached hydrogens (tertiary/aromatic N) is 1. The maximum absolute atomic E-state index is 12.5. The first-order valence-corrected chi connectivity index (χ1v) is 12.2. The van der Waals surface area contributed by atoms with Gasteiger partial charge in [0.05, 0.1) is 6.26 Å². The van der Waals surface area contributed by atoms with E-state index in [9.17, 15) is 13.2 Å². The summed E-state index contributed by atoms with van der Waals surface area (Å²) in [6.07, 6.45) is 4.95. The first kappa shape index (κ1) is 21.4. The summed E-state index contributed by atoms with van der Waals surface area (Å²) in [4.78, 5) is 14.2. The molecule has 1 aliphatic carbocycles. The van der Waals surface area contributed by atoms with E-state index in [1.807, 2.05) is 61.5 Å². The molecule has 1 spiro atoms. The van der Waals surface area contributed by atoms with Gasteiger partial charge in [-0.05, 0) is 54.9 Å². The number of ether oxygens (including phenoxy) is 1. The number of allylic oxidation sites excluding steroid dienone is 1. The average Bonchev–Trinajstić information content (AvgIpc) is 2.73. The van der Waals surface area contributed by atoms with Crippen LogP contribution in [0.3, 0.4) is 0 Å². The second-order valence-corrected chi connectivity index (χ2v) is 10.1. The van der Waals surface area contributed by atoms with Crippen LogP contribution in [0, 0.1) is 12.3 Å². The minimum Gasteiger partial charge on any atom is -0.445 e. The number of fused-ring (bicyclic) bond motifs is 1. The summed E-state index contributed by atoms with van der Waals surface area (Å²) in [5.74, 6) is 0.396. The first-order chi connectivity index (χ1) is 14.7. The number of aryl methyl sites for hydroxylation is 1. The molecule has 2 aliphatic rings. The summed E-state index contributed by atoms with van der Waals surface area (Å²) in [5.41, 5.74) is 3.67. The fourth-order valence-corrected chi connectivity index (χ4v) is 4.82. The van der Waals surface area contributed by atoms with Gasteiger partial charge >= 0.3 is 16.2 Å². The number of carbonyl (C=O) groups is 1. The van der Waals surface area contributed by atoms with Crippen molar-refractivity contribution in [1.82, 2.24) is 4.90 Å². The molecule has 1 amide bonds. The van der Waals surface area contributed by atoms with Gasteiger partial charge in [-0.25, -0.2) is 4.79 Å².